The highest BCUT2D eigenvalue weighted by Gasteiger charge is 2.30. The highest BCUT2D eigenvalue weighted by atomic mass is 16.2. The first kappa shape index (κ1) is 18.4. The van der Waals surface area contributed by atoms with Crippen molar-refractivity contribution in [1.82, 2.24) is 29.6 Å². The standard InChI is InChI=1S/C21H26N6O/c1-15(2)20-23-9-11-26(20)14-17-12-18(25-24-17)21(28)27-10-4-3-7-19(27)16-6-5-8-22-13-16/h5-6,8-9,11-13,15,19H,3-4,7,10,14H2,1-2H3,(H,24,25). The minimum Gasteiger partial charge on any atom is -0.330 e. The van der Waals surface area contributed by atoms with Gasteiger partial charge in [-0.1, -0.05) is 19.9 Å². The van der Waals surface area contributed by atoms with Gasteiger partial charge in [-0.15, -0.1) is 0 Å². The molecule has 7 heteroatoms. The molecule has 3 aromatic heterocycles. The second-order valence-corrected chi connectivity index (χ2v) is 7.64. The molecule has 1 atom stereocenters. The number of aromatic amines is 1. The van der Waals surface area contributed by atoms with Crippen LogP contribution in [0.1, 0.15) is 72.6 Å². The molecule has 0 saturated carbocycles. The summed E-state index contributed by atoms with van der Waals surface area (Å²) in [5.41, 5.74) is 2.46. The molecule has 0 spiro atoms. The molecule has 0 bridgehead atoms. The summed E-state index contributed by atoms with van der Waals surface area (Å²) in [5, 5.41) is 7.34. The van der Waals surface area contributed by atoms with Gasteiger partial charge in [0.2, 0.25) is 0 Å². The van der Waals surface area contributed by atoms with Crippen LogP contribution in [0.25, 0.3) is 0 Å². The molecule has 0 radical (unpaired) electrons. The van der Waals surface area contributed by atoms with E-state index in [2.05, 4.69) is 38.6 Å². The van der Waals surface area contributed by atoms with E-state index in [1.165, 1.54) is 0 Å². The molecule has 0 aromatic carbocycles. The molecule has 1 fully saturated rings. The summed E-state index contributed by atoms with van der Waals surface area (Å²) in [4.78, 5) is 23.8. The van der Waals surface area contributed by atoms with Gasteiger partial charge in [0.25, 0.3) is 5.91 Å². The van der Waals surface area contributed by atoms with Gasteiger partial charge in [-0.25, -0.2) is 4.98 Å². The first-order valence-corrected chi connectivity index (χ1v) is 9.89. The van der Waals surface area contributed by atoms with Crippen molar-refractivity contribution in [2.45, 2.75) is 51.6 Å². The van der Waals surface area contributed by atoms with Crippen LogP contribution < -0.4 is 0 Å². The number of amides is 1. The van der Waals surface area contributed by atoms with Gasteiger partial charge in [0.1, 0.15) is 11.5 Å². The molecule has 1 N–H and O–H groups in total. The average molecular weight is 378 g/mol. The summed E-state index contributed by atoms with van der Waals surface area (Å²) < 4.78 is 2.09. The summed E-state index contributed by atoms with van der Waals surface area (Å²) in [5.74, 6) is 1.34. The summed E-state index contributed by atoms with van der Waals surface area (Å²) in [7, 11) is 0. The molecule has 1 saturated heterocycles. The number of imidazole rings is 1. The van der Waals surface area contributed by atoms with Crippen molar-refractivity contribution in [3.05, 3.63) is 65.8 Å². The molecule has 4 rings (SSSR count). The number of H-pyrrole nitrogens is 1. The van der Waals surface area contributed by atoms with Crippen LogP contribution in [0.3, 0.4) is 0 Å². The lowest BCUT2D eigenvalue weighted by atomic mass is 9.96. The molecule has 28 heavy (non-hydrogen) atoms. The van der Waals surface area contributed by atoms with Gasteiger partial charge in [-0.05, 0) is 37.0 Å². The summed E-state index contributed by atoms with van der Waals surface area (Å²) >= 11 is 0. The van der Waals surface area contributed by atoms with Gasteiger partial charge in [0.05, 0.1) is 18.3 Å². The predicted octanol–water partition coefficient (Wildman–Crippen LogP) is 3.54. The van der Waals surface area contributed by atoms with Crippen molar-refractivity contribution < 1.29 is 4.79 Å². The van der Waals surface area contributed by atoms with E-state index >= 15 is 0 Å². The second kappa shape index (κ2) is 7.96. The monoisotopic (exact) mass is 378 g/mol. The Kier molecular flexibility index (Phi) is 5.23. The zero-order chi connectivity index (χ0) is 19.5. The van der Waals surface area contributed by atoms with Crippen molar-refractivity contribution in [3.63, 3.8) is 0 Å². The molecule has 1 aliphatic rings. The number of piperidine rings is 1. The number of nitrogens with one attached hydrogen (secondary N) is 1. The number of hydrogen-bond donors (Lipinski definition) is 1. The van der Waals surface area contributed by atoms with Crippen molar-refractivity contribution in [2.24, 2.45) is 0 Å². The number of aromatic nitrogens is 5. The number of hydrogen-bond acceptors (Lipinski definition) is 4. The zero-order valence-corrected chi connectivity index (χ0v) is 16.4. The number of pyridine rings is 1. The van der Waals surface area contributed by atoms with Crippen molar-refractivity contribution in [1.29, 1.82) is 0 Å². The molecule has 1 aliphatic heterocycles. The van der Waals surface area contributed by atoms with Gasteiger partial charge in [-0.2, -0.15) is 5.10 Å². The van der Waals surface area contributed by atoms with Gasteiger partial charge < -0.3 is 9.47 Å². The van der Waals surface area contributed by atoms with E-state index in [1.807, 2.05) is 41.7 Å². The molecule has 146 valence electrons. The Morgan fingerprint density at radius 1 is 1.32 bits per heavy atom. The van der Waals surface area contributed by atoms with Crippen LogP contribution in [0, 0.1) is 0 Å². The minimum absolute atomic E-state index is 0.0224. The third-order valence-corrected chi connectivity index (χ3v) is 5.29. The summed E-state index contributed by atoms with van der Waals surface area (Å²) in [6.07, 6.45) is 10.5. The van der Waals surface area contributed by atoms with Gasteiger partial charge in [0.15, 0.2) is 0 Å². The fraction of sp³-hybridized carbons (Fsp3) is 0.429. The smallest absolute Gasteiger partial charge is 0.274 e. The minimum atomic E-state index is -0.0224. The first-order chi connectivity index (χ1) is 13.6. The molecule has 3 aromatic rings. The van der Waals surface area contributed by atoms with Crippen LogP contribution in [0.2, 0.25) is 0 Å². The summed E-state index contributed by atoms with van der Waals surface area (Å²) in [6.45, 7) is 5.62. The van der Waals surface area contributed by atoms with Gasteiger partial charge in [-0.3, -0.25) is 14.9 Å². The van der Waals surface area contributed by atoms with Gasteiger partial charge in [0, 0.05) is 37.3 Å². The third kappa shape index (κ3) is 3.69. The molecule has 7 nitrogen and oxygen atoms in total. The lowest BCUT2D eigenvalue weighted by Gasteiger charge is -2.35. The normalized spacial score (nSPS) is 17.2. The van der Waals surface area contributed by atoms with Crippen LogP contribution in [0.4, 0.5) is 0 Å². The van der Waals surface area contributed by atoms with E-state index in [9.17, 15) is 4.79 Å². The summed E-state index contributed by atoms with van der Waals surface area (Å²) in [6, 6.07) is 5.90. The third-order valence-electron chi connectivity index (χ3n) is 5.29. The van der Waals surface area contributed by atoms with Crippen LogP contribution in [0.5, 0.6) is 0 Å². The Bertz CT molecular complexity index is 929. The van der Waals surface area contributed by atoms with Gasteiger partial charge >= 0.3 is 0 Å². The van der Waals surface area contributed by atoms with E-state index in [-0.39, 0.29) is 11.9 Å². The topological polar surface area (TPSA) is 79.7 Å². The number of rotatable bonds is 5. The van der Waals surface area contributed by atoms with E-state index in [4.69, 9.17) is 0 Å². The maximum absolute atomic E-state index is 13.2. The number of nitrogens with zero attached hydrogens (tertiary/aromatic N) is 5. The highest BCUT2D eigenvalue weighted by Crippen LogP contribution is 2.31. The molecule has 1 unspecified atom stereocenters. The fourth-order valence-electron chi connectivity index (χ4n) is 3.93. The maximum atomic E-state index is 13.2. The van der Waals surface area contributed by atoms with Crippen LogP contribution in [-0.4, -0.2) is 42.1 Å². The predicted molar refractivity (Wildman–Crippen MR) is 106 cm³/mol. The van der Waals surface area contributed by atoms with Crippen molar-refractivity contribution >= 4 is 5.91 Å². The van der Waals surface area contributed by atoms with E-state index in [0.717, 1.165) is 42.9 Å². The molecule has 4 heterocycles. The Labute approximate surface area is 164 Å². The lowest BCUT2D eigenvalue weighted by molar-refractivity contribution is 0.0605. The average Bonchev–Trinajstić information content (AvgIpc) is 3.38. The second-order valence-electron chi connectivity index (χ2n) is 7.64. The Morgan fingerprint density at radius 2 is 2.21 bits per heavy atom. The number of likely N-dealkylation sites (tertiary alicyclic amines) is 1. The lowest BCUT2D eigenvalue weighted by Crippen LogP contribution is -2.38. The Balaban J connectivity index is 1.52. The van der Waals surface area contributed by atoms with E-state index in [0.29, 0.717) is 18.2 Å². The Morgan fingerprint density at radius 3 is 3.00 bits per heavy atom. The number of carbonyl (C=O) groups excluding carboxylic acids is 1. The quantitative estimate of drug-likeness (QED) is 0.736. The van der Waals surface area contributed by atoms with Crippen molar-refractivity contribution in [2.75, 3.05) is 6.54 Å². The fourth-order valence-corrected chi connectivity index (χ4v) is 3.93. The van der Waals surface area contributed by atoms with E-state index < -0.39 is 0 Å². The molecular formula is C21H26N6O. The highest BCUT2D eigenvalue weighted by molar-refractivity contribution is 5.92. The zero-order valence-electron chi connectivity index (χ0n) is 16.4. The molecular weight excluding hydrogens is 352 g/mol. The first-order valence-electron chi connectivity index (χ1n) is 9.89. The van der Waals surface area contributed by atoms with Crippen LogP contribution in [0.15, 0.2) is 43.0 Å². The molecule has 0 aliphatic carbocycles. The van der Waals surface area contributed by atoms with Crippen LogP contribution in [-0.2, 0) is 6.54 Å². The van der Waals surface area contributed by atoms with Crippen molar-refractivity contribution in [3.8, 4) is 0 Å². The van der Waals surface area contributed by atoms with E-state index in [1.54, 1.807) is 6.20 Å². The number of carbonyl (C=O) groups is 1. The molecule has 1 amide bonds. The van der Waals surface area contributed by atoms with Crippen LogP contribution >= 0.6 is 0 Å². The Hall–Kier alpha value is -2.96. The SMILES string of the molecule is CC(C)c1nccn1Cc1cc(C(=O)N2CCCCC2c2cccnc2)n[nH]1. The largest absolute Gasteiger partial charge is 0.330 e. The maximum Gasteiger partial charge on any atom is 0.274 e.